The van der Waals surface area contributed by atoms with Crippen molar-refractivity contribution in [2.24, 2.45) is 11.3 Å². The molecule has 1 atom stereocenters. The van der Waals surface area contributed by atoms with Crippen LogP contribution in [0, 0.1) is 11.3 Å². The lowest BCUT2D eigenvalue weighted by Crippen LogP contribution is -2.32. The van der Waals surface area contributed by atoms with Crippen molar-refractivity contribution in [3.05, 3.63) is 45.9 Å². The highest BCUT2D eigenvalue weighted by atomic mass is 16.4. The summed E-state index contributed by atoms with van der Waals surface area (Å²) in [5, 5.41) is 2.43. The van der Waals surface area contributed by atoms with Crippen molar-refractivity contribution in [2.75, 3.05) is 5.73 Å². The average Bonchev–Trinajstić information content (AvgIpc) is 2.53. The number of rotatable bonds is 0. The van der Waals surface area contributed by atoms with Crippen molar-refractivity contribution in [2.45, 2.75) is 40.0 Å². The number of nitrogens with one attached hydrogen (secondary N) is 1. The van der Waals surface area contributed by atoms with Gasteiger partial charge in [-0.25, -0.2) is 9.78 Å². The second kappa shape index (κ2) is 5.07. The predicted molar refractivity (Wildman–Crippen MR) is 95.9 cm³/mol. The summed E-state index contributed by atoms with van der Waals surface area (Å²) in [4.78, 5) is 15.8. The predicted octanol–water partition coefficient (Wildman–Crippen LogP) is 3.49. The fourth-order valence-corrected chi connectivity index (χ4v) is 4.00. The molecule has 0 amide bonds. The Morgan fingerprint density at radius 2 is 1.96 bits per heavy atom. The molecule has 0 spiro atoms. The molecule has 2 aromatic heterocycles. The molecule has 4 rings (SSSR count). The smallest absolute Gasteiger partial charge is 0.352 e. The maximum atomic E-state index is 12.5. The van der Waals surface area contributed by atoms with Gasteiger partial charge >= 0.3 is 5.63 Å². The Labute approximate surface area is 140 Å². The molecule has 2 heterocycles. The quantitative estimate of drug-likeness (QED) is 0.508. The Hall–Kier alpha value is -2.36. The largest absolute Gasteiger partial charge is 0.422 e. The molecule has 124 valence electrons. The molecule has 24 heavy (non-hydrogen) atoms. The van der Waals surface area contributed by atoms with E-state index in [0.717, 1.165) is 35.7 Å². The van der Waals surface area contributed by atoms with E-state index in [0.29, 0.717) is 22.7 Å². The standard InChI is InChI=1S/C20H22N2O2/c1-20(2,3)11-8-9-14-13(10-11)16-12-6-4-5-7-15(12)24-19(23)17(16)18(21)22-14/h4-7,11H,8-10H2,1-3H3,(H2,21,22)/p+1/t11-/m1/s1. The van der Waals surface area contributed by atoms with E-state index in [2.05, 4.69) is 25.8 Å². The van der Waals surface area contributed by atoms with Crippen LogP contribution in [0.1, 0.15) is 38.4 Å². The van der Waals surface area contributed by atoms with Crippen LogP contribution in [0.3, 0.4) is 0 Å². The Morgan fingerprint density at radius 3 is 2.71 bits per heavy atom. The molecule has 1 aliphatic carbocycles. The van der Waals surface area contributed by atoms with Crippen LogP contribution in [0.5, 0.6) is 0 Å². The number of para-hydroxylation sites is 1. The molecule has 0 radical (unpaired) electrons. The fourth-order valence-electron chi connectivity index (χ4n) is 4.00. The van der Waals surface area contributed by atoms with Gasteiger partial charge < -0.3 is 4.42 Å². The van der Waals surface area contributed by atoms with E-state index in [9.17, 15) is 4.79 Å². The van der Waals surface area contributed by atoms with Gasteiger partial charge in [0.15, 0.2) is 5.39 Å². The van der Waals surface area contributed by atoms with Crippen LogP contribution >= 0.6 is 0 Å². The van der Waals surface area contributed by atoms with Gasteiger partial charge in [-0.05, 0) is 30.2 Å². The van der Waals surface area contributed by atoms with Gasteiger partial charge in [-0.15, -0.1) is 0 Å². The first kappa shape index (κ1) is 15.2. The number of pyridine rings is 1. The number of nitrogen functional groups attached to an aromatic ring is 1. The van der Waals surface area contributed by atoms with Crippen LogP contribution in [0.2, 0.25) is 0 Å². The minimum absolute atomic E-state index is 0.237. The molecule has 0 saturated heterocycles. The first-order valence-corrected chi connectivity index (χ1v) is 8.54. The first-order valence-electron chi connectivity index (χ1n) is 8.54. The number of hydrogen-bond donors (Lipinski definition) is 1. The van der Waals surface area contributed by atoms with Crippen molar-refractivity contribution >= 4 is 27.6 Å². The summed E-state index contributed by atoms with van der Waals surface area (Å²) >= 11 is 0. The summed E-state index contributed by atoms with van der Waals surface area (Å²) in [5.74, 6) is 0.994. The van der Waals surface area contributed by atoms with Crippen molar-refractivity contribution < 1.29 is 9.40 Å². The molecule has 0 bridgehead atoms. The Bertz CT molecular complexity index is 1010. The van der Waals surface area contributed by atoms with E-state index < -0.39 is 0 Å². The summed E-state index contributed by atoms with van der Waals surface area (Å²) in [5.41, 5.74) is 9.07. The molecule has 0 fully saturated rings. The number of benzene rings is 1. The zero-order valence-electron chi connectivity index (χ0n) is 14.4. The molecule has 3 N–H and O–H groups in total. The summed E-state index contributed by atoms with van der Waals surface area (Å²) in [6, 6.07) is 7.73. The van der Waals surface area contributed by atoms with Gasteiger partial charge in [-0.2, -0.15) is 0 Å². The second-order valence-electron chi connectivity index (χ2n) is 7.94. The van der Waals surface area contributed by atoms with E-state index in [1.165, 1.54) is 5.56 Å². The highest BCUT2D eigenvalue weighted by Gasteiger charge is 2.33. The fraction of sp³-hybridized carbons (Fsp3) is 0.400. The van der Waals surface area contributed by atoms with E-state index in [-0.39, 0.29) is 11.0 Å². The molecular weight excluding hydrogens is 300 g/mol. The topological polar surface area (TPSA) is 70.4 Å². The Kier molecular flexibility index (Phi) is 3.21. The van der Waals surface area contributed by atoms with Crippen LogP contribution in [-0.2, 0) is 12.8 Å². The number of aryl methyl sites for hydroxylation is 1. The minimum Gasteiger partial charge on any atom is -0.422 e. The summed E-state index contributed by atoms with van der Waals surface area (Å²) in [6.07, 6.45) is 3.06. The van der Waals surface area contributed by atoms with Crippen LogP contribution in [0.25, 0.3) is 21.7 Å². The summed E-state index contributed by atoms with van der Waals surface area (Å²) < 4.78 is 5.49. The molecule has 0 saturated carbocycles. The van der Waals surface area contributed by atoms with Crippen LogP contribution in [0.4, 0.5) is 5.82 Å². The van der Waals surface area contributed by atoms with Gasteiger partial charge in [0.05, 0.1) is 0 Å². The third kappa shape index (κ3) is 2.20. The molecule has 3 aromatic rings. The molecule has 0 aliphatic heterocycles. The number of nitrogens with two attached hydrogens (primary N) is 1. The number of H-pyrrole nitrogens is 1. The second-order valence-corrected chi connectivity index (χ2v) is 7.94. The van der Waals surface area contributed by atoms with E-state index in [1.54, 1.807) is 0 Å². The van der Waals surface area contributed by atoms with Crippen molar-refractivity contribution in [3.8, 4) is 0 Å². The van der Waals surface area contributed by atoms with E-state index in [4.69, 9.17) is 10.2 Å². The van der Waals surface area contributed by atoms with Crippen molar-refractivity contribution in [3.63, 3.8) is 0 Å². The van der Waals surface area contributed by atoms with Gasteiger partial charge in [0, 0.05) is 22.8 Å². The monoisotopic (exact) mass is 323 g/mol. The number of aromatic amines is 1. The number of fused-ring (bicyclic) bond motifs is 5. The van der Waals surface area contributed by atoms with Gasteiger partial charge in [-0.1, -0.05) is 39.0 Å². The normalized spacial score (nSPS) is 18.0. The first-order chi connectivity index (χ1) is 11.4. The molecular formula is C20H23N2O2+. The lowest BCUT2D eigenvalue weighted by Gasteiger charge is -2.34. The molecule has 4 heteroatoms. The van der Waals surface area contributed by atoms with Crippen LogP contribution in [-0.4, -0.2) is 0 Å². The third-order valence-electron chi connectivity index (χ3n) is 5.45. The van der Waals surface area contributed by atoms with Gasteiger partial charge in [-0.3, -0.25) is 5.73 Å². The zero-order chi connectivity index (χ0) is 17.1. The number of anilines is 1. The van der Waals surface area contributed by atoms with Crippen molar-refractivity contribution in [1.29, 1.82) is 0 Å². The molecule has 1 aromatic carbocycles. The lowest BCUT2D eigenvalue weighted by molar-refractivity contribution is -0.373. The van der Waals surface area contributed by atoms with Crippen LogP contribution in [0.15, 0.2) is 33.5 Å². The van der Waals surface area contributed by atoms with E-state index in [1.807, 2.05) is 24.3 Å². The number of aromatic nitrogens is 1. The Morgan fingerprint density at radius 1 is 1.21 bits per heavy atom. The average molecular weight is 323 g/mol. The van der Waals surface area contributed by atoms with E-state index >= 15 is 0 Å². The molecule has 4 nitrogen and oxygen atoms in total. The SMILES string of the molecule is CC(C)(C)[C@@H]1CCc2[nH+]c(N)c3c(=O)oc4ccccc4c3c2C1. The minimum atomic E-state index is -0.363. The summed E-state index contributed by atoms with van der Waals surface area (Å²) in [7, 11) is 0. The highest BCUT2D eigenvalue weighted by molar-refractivity contribution is 6.08. The van der Waals surface area contributed by atoms with Gasteiger partial charge in [0.25, 0.3) is 5.82 Å². The Balaban J connectivity index is 2.11. The maximum absolute atomic E-state index is 12.5. The van der Waals surface area contributed by atoms with Crippen molar-refractivity contribution in [1.82, 2.24) is 0 Å². The molecule has 1 aliphatic rings. The highest BCUT2D eigenvalue weighted by Crippen LogP contribution is 2.40. The third-order valence-corrected chi connectivity index (χ3v) is 5.45. The van der Waals surface area contributed by atoms with Gasteiger partial charge in [0.1, 0.15) is 11.3 Å². The summed E-state index contributed by atoms with van der Waals surface area (Å²) in [6.45, 7) is 6.87. The van der Waals surface area contributed by atoms with Gasteiger partial charge in [0.2, 0.25) is 0 Å². The maximum Gasteiger partial charge on any atom is 0.352 e. The number of hydrogen-bond acceptors (Lipinski definition) is 3. The lowest BCUT2D eigenvalue weighted by atomic mass is 9.71. The zero-order valence-corrected chi connectivity index (χ0v) is 14.4. The molecule has 0 unspecified atom stereocenters. The van der Waals surface area contributed by atoms with Crippen LogP contribution < -0.4 is 16.3 Å².